The third-order valence-corrected chi connectivity index (χ3v) is 3.90. The third-order valence-electron chi connectivity index (χ3n) is 3.90. The van der Waals surface area contributed by atoms with Gasteiger partial charge in [-0.1, -0.05) is 26.0 Å². The molecule has 1 amide bonds. The van der Waals surface area contributed by atoms with Gasteiger partial charge in [-0.25, -0.2) is 18.0 Å². The maximum Gasteiger partial charge on any atom is 0.329 e. The first-order valence-corrected chi connectivity index (χ1v) is 8.41. The smallest absolute Gasteiger partial charge is 0.329 e. The summed E-state index contributed by atoms with van der Waals surface area (Å²) in [6.07, 6.45) is 0. The van der Waals surface area contributed by atoms with Gasteiger partial charge in [0.2, 0.25) is 5.78 Å². The van der Waals surface area contributed by atoms with Gasteiger partial charge in [-0.3, -0.25) is 9.59 Å². The molecule has 28 heavy (non-hydrogen) atoms. The SMILES string of the molecule is CC(C)C(NC(=O)c1ccccc1F)C(=O)OCC(=O)c1cc(F)ccc1F. The Bertz CT molecular complexity index is 899. The van der Waals surface area contributed by atoms with Crippen molar-refractivity contribution >= 4 is 17.7 Å². The van der Waals surface area contributed by atoms with E-state index in [9.17, 15) is 27.6 Å². The molecule has 1 atom stereocenters. The number of ketones is 1. The summed E-state index contributed by atoms with van der Waals surface area (Å²) in [5.41, 5.74) is -0.803. The number of halogens is 3. The average molecular weight is 393 g/mol. The van der Waals surface area contributed by atoms with E-state index in [0.29, 0.717) is 6.07 Å². The molecule has 0 radical (unpaired) electrons. The number of hydrogen-bond acceptors (Lipinski definition) is 4. The Labute approximate surface area is 159 Å². The highest BCUT2D eigenvalue weighted by Gasteiger charge is 2.28. The molecule has 0 aliphatic rings. The second kappa shape index (κ2) is 9.16. The molecule has 2 aromatic carbocycles. The fraction of sp³-hybridized carbons (Fsp3) is 0.250. The topological polar surface area (TPSA) is 72.5 Å². The number of carbonyl (C=O) groups is 3. The second-order valence-corrected chi connectivity index (χ2v) is 6.33. The lowest BCUT2D eigenvalue weighted by atomic mass is 10.0. The standard InChI is InChI=1S/C20H18F3NO4/c1-11(2)18(24-19(26)13-5-3-4-6-15(13)22)20(27)28-10-17(25)14-9-12(21)7-8-16(14)23/h3-9,11,18H,10H2,1-2H3,(H,24,26). The molecule has 0 aliphatic heterocycles. The molecule has 0 bridgehead atoms. The largest absolute Gasteiger partial charge is 0.456 e. The zero-order chi connectivity index (χ0) is 20.8. The minimum atomic E-state index is -1.17. The van der Waals surface area contributed by atoms with Crippen molar-refractivity contribution in [1.82, 2.24) is 5.32 Å². The summed E-state index contributed by atoms with van der Waals surface area (Å²) in [4.78, 5) is 36.5. The summed E-state index contributed by atoms with van der Waals surface area (Å²) in [5, 5.41) is 2.36. The van der Waals surface area contributed by atoms with Crippen LogP contribution in [0.3, 0.4) is 0 Å². The highest BCUT2D eigenvalue weighted by molar-refractivity contribution is 5.99. The Morgan fingerprint density at radius 2 is 1.61 bits per heavy atom. The molecule has 0 spiro atoms. The van der Waals surface area contributed by atoms with E-state index in [1.54, 1.807) is 13.8 Å². The summed E-state index contributed by atoms with van der Waals surface area (Å²) in [6, 6.07) is 6.40. The van der Waals surface area contributed by atoms with Gasteiger partial charge in [-0.05, 0) is 36.2 Å². The number of nitrogens with one attached hydrogen (secondary N) is 1. The van der Waals surface area contributed by atoms with E-state index in [2.05, 4.69) is 5.32 Å². The number of Topliss-reactive ketones (excluding diaryl/α,β-unsaturated/α-hetero) is 1. The normalized spacial score (nSPS) is 11.8. The number of benzene rings is 2. The van der Waals surface area contributed by atoms with Crippen LogP contribution in [0.2, 0.25) is 0 Å². The number of amides is 1. The fourth-order valence-corrected chi connectivity index (χ4v) is 2.38. The minimum absolute atomic E-state index is 0.251. The Balaban J connectivity index is 2.05. The number of carbonyl (C=O) groups excluding carboxylic acids is 3. The van der Waals surface area contributed by atoms with Crippen LogP contribution < -0.4 is 5.32 Å². The van der Waals surface area contributed by atoms with Crippen molar-refractivity contribution in [2.45, 2.75) is 19.9 Å². The first-order valence-electron chi connectivity index (χ1n) is 8.41. The predicted molar refractivity (Wildman–Crippen MR) is 94.1 cm³/mol. The monoisotopic (exact) mass is 393 g/mol. The third kappa shape index (κ3) is 5.18. The van der Waals surface area contributed by atoms with Crippen LogP contribution in [0.15, 0.2) is 42.5 Å². The van der Waals surface area contributed by atoms with E-state index in [0.717, 1.165) is 18.2 Å². The highest BCUT2D eigenvalue weighted by atomic mass is 19.1. The first kappa shape index (κ1) is 21.1. The number of rotatable bonds is 7. The summed E-state index contributed by atoms with van der Waals surface area (Å²) in [7, 11) is 0. The van der Waals surface area contributed by atoms with Crippen LogP contribution >= 0.6 is 0 Å². The number of ether oxygens (including phenoxy) is 1. The average Bonchev–Trinajstić information content (AvgIpc) is 2.65. The van der Waals surface area contributed by atoms with Crippen molar-refractivity contribution in [2.24, 2.45) is 5.92 Å². The molecular formula is C20H18F3NO4. The number of esters is 1. The maximum absolute atomic E-state index is 13.7. The van der Waals surface area contributed by atoms with Gasteiger partial charge in [0.05, 0.1) is 11.1 Å². The van der Waals surface area contributed by atoms with Crippen LogP contribution in [0.5, 0.6) is 0 Å². The van der Waals surface area contributed by atoms with E-state index >= 15 is 0 Å². The molecule has 1 unspecified atom stereocenters. The Hall–Kier alpha value is -3.16. The molecule has 0 saturated heterocycles. The van der Waals surface area contributed by atoms with Gasteiger partial charge >= 0.3 is 5.97 Å². The van der Waals surface area contributed by atoms with E-state index in [1.165, 1.54) is 18.2 Å². The summed E-state index contributed by atoms with van der Waals surface area (Å²) in [6.45, 7) is 2.39. The van der Waals surface area contributed by atoms with Gasteiger partial charge in [0.25, 0.3) is 5.91 Å². The molecule has 0 heterocycles. The lowest BCUT2D eigenvalue weighted by Gasteiger charge is -2.21. The Morgan fingerprint density at radius 3 is 2.25 bits per heavy atom. The quantitative estimate of drug-likeness (QED) is 0.579. The van der Waals surface area contributed by atoms with Crippen LogP contribution in [0.25, 0.3) is 0 Å². The number of hydrogen-bond donors (Lipinski definition) is 1. The fourth-order valence-electron chi connectivity index (χ4n) is 2.38. The molecule has 0 aromatic heterocycles. The van der Waals surface area contributed by atoms with E-state index in [4.69, 9.17) is 4.74 Å². The van der Waals surface area contributed by atoms with Crippen molar-refractivity contribution < 1.29 is 32.3 Å². The van der Waals surface area contributed by atoms with Gasteiger partial charge in [0, 0.05) is 0 Å². The molecule has 148 valence electrons. The lowest BCUT2D eigenvalue weighted by Crippen LogP contribution is -2.46. The zero-order valence-corrected chi connectivity index (χ0v) is 15.2. The predicted octanol–water partition coefficient (Wildman–Crippen LogP) is 3.28. The van der Waals surface area contributed by atoms with Crippen LogP contribution in [0.1, 0.15) is 34.6 Å². The highest BCUT2D eigenvalue weighted by Crippen LogP contribution is 2.12. The van der Waals surface area contributed by atoms with Gasteiger partial charge < -0.3 is 10.1 Å². The molecule has 2 rings (SSSR count). The van der Waals surface area contributed by atoms with Crippen LogP contribution in [0.4, 0.5) is 13.2 Å². The first-order chi connectivity index (χ1) is 13.2. The molecule has 2 aromatic rings. The van der Waals surface area contributed by atoms with Crippen molar-refractivity contribution in [3.63, 3.8) is 0 Å². The van der Waals surface area contributed by atoms with E-state index < -0.39 is 59.2 Å². The van der Waals surface area contributed by atoms with Crippen LogP contribution in [-0.4, -0.2) is 30.3 Å². The molecule has 0 aliphatic carbocycles. The minimum Gasteiger partial charge on any atom is -0.456 e. The second-order valence-electron chi connectivity index (χ2n) is 6.33. The molecule has 0 saturated carbocycles. The van der Waals surface area contributed by atoms with Crippen LogP contribution in [-0.2, 0) is 9.53 Å². The molecule has 0 fully saturated rings. The van der Waals surface area contributed by atoms with Gasteiger partial charge in [0.15, 0.2) is 6.61 Å². The Kier molecular flexibility index (Phi) is 6.92. The van der Waals surface area contributed by atoms with Gasteiger partial charge in [-0.2, -0.15) is 0 Å². The summed E-state index contributed by atoms with van der Waals surface area (Å²) >= 11 is 0. The Morgan fingerprint density at radius 1 is 0.964 bits per heavy atom. The lowest BCUT2D eigenvalue weighted by molar-refractivity contribution is -0.145. The summed E-state index contributed by atoms with van der Waals surface area (Å²) < 4.78 is 45.4. The molecule has 5 nitrogen and oxygen atoms in total. The van der Waals surface area contributed by atoms with Crippen molar-refractivity contribution in [1.29, 1.82) is 0 Å². The molecular weight excluding hydrogens is 375 g/mol. The van der Waals surface area contributed by atoms with Crippen molar-refractivity contribution in [3.05, 3.63) is 71.0 Å². The van der Waals surface area contributed by atoms with Crippen molar-refractivity contribution in [2.75, 3.05) is 6.61 Å². The maximum atomic E-state index is 13.7. The summed E-state index contributed by atoms with van der Waals surface area (Å²) in [5.74, 6) is -5.67. The van der Waals surface area contributed by atoms with Crippen LogP contribution in [0, 0.1) is 23.4 Å². The molecule has 8 heteroatoms. The van der Waals surface area contributed by atoms with Gasteiger partial charge in [-0.15, -0.1) is 0 Å². The van der Waals surface area contributed by atoms with E-state index in [1.807, 2.05) is 0 Å². The van der Waals surface area contributed by atoms with Crippen molar-refractivity contribution in [3.8, 4) is 0 Å². The van der Waals surface area contributed by atoms with E-state index in [-0.39, 0.29) is 5.56 Å². The van der Waals surface area contributed by atoms with Gasteiger partial charge in [0.1, 0.15) is 23.5 Å². The molecule has 1 N–H and O–H groups in total. The zero-order valence-electron chi connectivity index (χ0n) is 15.2.